The number of nitrogens with one attached hydrogen (secondary N) is 1. The first-order valence-corrected chi connectivity index (χ1v) is 6.98. The van der Waals surface area contributed by atoms with E-state index in [-0.39, 0.29) is 11.1 Å². The van der Waals surface area contributed by atoms with Crippen molar-refractivity contribution in [3.8, 4) is 0 Å². The van der Waals surface area contributed by atoms with E-state index >= 15 is 0 Å². The molecule has 0 unspecified atom stereocenters. The molecule has 2 rings (SSSR count). The second kappa shape index (κ2) is 5.49. The summed E-state index contributed by atoms with van der Waals surface area (Å²) in [4.78, 5) is 49.3. The number of likely N-dealkylation sites (N-methyl/N-ethyl adjacent to an activating group) is 1. The van der Waals surface area contributed by atoms with Crippen LogP contribution in [-0.2, 0) is 19.1 Å². The molecular formula is C16H18N2O5. The highest BCUT2D eigenvalue weighted by atomic mass is 16.5. The molecule has 1 aliphatic heterocycles. The Morgan fingerprint density at radius 2 is 1.65 bits per heavy atom. The first-order chi connectivity index (χ1) is 10.6. The quantitative estimate of drug-likeness (QED) is 0.577. The number of carbonyl (C=O) groups excluding carboxylic acids is 4. The van der Waals surface area contributed by atoms with E-state index in [1.54, 1.807) is 6.08 Å². The van der Waals surface area contributed by atoms with E-state index < -0.39 is 29.0 Å². The number of methoxy groups -OCH3 is 1. The molecule has 1 heterocycles. The van der Waals surface area contributed by atoms with E-state index in [0.717, 1.165) is 4.90 Å². The van der Waals surface area contributed by atoms with Gasteiger partial charge in [-0.2, -0.15) is 0 Å². The molecule has 1 fully saturated rings. The third-order valence-corrected chi connectivity index (χ3v) is 3.64. The lowest BCUT2D eigenvalue weighted by Gasteiger charge is -2.30. The monoisotopic (exact) mass is 318 g/mol. The lowest BCUT2D eigenvalue weighted by Crippen LogP contribution is -2.53. The molecule has 7 nitrogen and oxygen atoms in total. The molecule has 7 heteroatoms. The van der Waals surface area contributed by atoms with Crippen LogP contribution in [0.5, 0.6) is 0 Å². The van der Waals surface area contributed by atoms with Crippen LogP contribution in [0, 0.1) is 5.41 Å². The number of urea groups is 1. The molecule has 0 aromatic heterocycles. The zero-order valence-electron chi connectivity index (χ0n) is 13.6. The van der Waals surface area contributed by atoms with E-state index in [1.165, 1.54) is 20.2 Å². The van der Waals surface area contributed by atoms with E-state index in [0.29, 0.717) is 11.3 Å². The molecule has 0 spiro atoms. The minimum atomic E-state index is -0.870. The van der Waals surface area contributed by atoms with Crippen molar-refractivity contribution >= 4 is 23.6 Å². The van der Waals surface area contributed by atoms with Gasteiger partial charge in [-0.15, -0.1) is 0 Å². The summed E-state index contributed by atoms with van der Waals surface area (Å²) in [6.07, 6.45) is 2.84. The Bertz CT molecular complexity index is 719. The molecule has 122 valence electrons. The number of nitrogens with zero attached hydrogens (tertiary/aromatic N) is 1. The van der Waals surface area contributed by atoms with Crippen LogP contribution in [0.3, 0.4) is 0 Å². The van der Waals surface area contributed by atoms with E-state index in [4.69, 9.17) is 4.74 Å². The predicted molar refractivity (Wildman–Crippen MR) is 81.0 cm³/mol. The molecule has 1 N–H and O–H groups in total. The summed E-state index contributed by atoms with van der Waals surface area (Å²) < 4.78 is 5.11. The van der Waals surface area contributed by atoms with Crippen LogP contribution < -0.4 is 5.32 Å². The summed E-state index contributed by atoms with van der Waals surface area (Å²) in [6, 6.07) is -0.818. The van der Waals surface area contributed by atoms with Crippen molar-refractivity contribution in [2.24, 2.45) is 5.41 Å². The SMILES string of the molecule is COC1=CC(=O)C(=C2C(=O)NC(=O)N(C)C2=O)C(C(C)(C)C)=C1. The Labute approximate surface area is 133 Å². The molecule has 0 saturated carbocycles. The lowest BCUT2D eigenvalue weighted by atomic mass is 9.76. The molecular weight excluding hydrogens is 300 g/mol. The summed E-state index contributed by atoms with van der Waals surface area (Å²) in [5, 5.41) is 2.06. The van der Waals surface area contributed by atoms with Crippen LogP contribution in [0.4, 0.5) is 4.79 Å². The molecule has 4 amide bonds. The number of allylic oxidation sites excluding steroid dienone is 4. The smallest absolute Gasteiger partial charge is 0.331 e. The van der Waals surface area contributed by atoms with Gasteiger partial charge in [0.15, 0.2) is 5.78 Å². The fraction of sp³-hybridized carbons (Fsp3) is 0.375. The Morgan fingerprint density at radius 3 is 2.17 bits per heavy atom. The number of ketones is 1. The first-order valence-electron chi connectivity index (χ1n) is 6.98. The topological polar surface area (TPSA) is 92.8 Å². The number of carbonyl (C=O) groups is 4. The summed E-state index contributed by atoms with van der Waals surface area (Å²) in [5.74, 6) is -1.83. The second-order valence-electron chi connectivity index (χ2n) is 6.30. The molecule has 23 heavy (non-hydrogen) atoms. The van der Waals surface area contributed by atoms with Crippen molar-refractivity contribution < 1.29 is 23.9 Å². The van der Waals surface area contributed by atoms with Crippen molar-refractivity contribution in [2.45, 2.75) is 20.8 Å². The number of hydrogen-bond donors (Lipinski definition) is 1. The van der Waals surface area contributed by atoms with Gasteiger partial charge < -0.3 is 4.74 Å². The molecule has 0 aromatic rings. The molecule has 1 saturated heterocycles. The zero-order valence-corrected chi connectivity index (χ0v) is 13.6. The van der Waals surface area contributed by atoms with E-state index in [1.807, 2.05) is 20.8 Å². The summed E-state index contributed by atoms with van der Waals surface area (Å²) >= 11 is 0. The van der Waals surface area contributed by atoms with E-state index in [2.05, 4.69) is 5.32 Å². The van der Waals surface area contributed by atoms with Crippen LogP contribution >= 0.6 is 0 Å². The zero-order chi connectivity index (χ0) is 17.5. The fourth-order valence-electron chi connectivity index (χ4n) is 2.38. The minimum absolute atomic E-state index is 0.000139. The highest BCUT2D eigenvalue weighted by Crippen LogP contribution is 2.37. The molecule has 0 radical (unpaired) electrons. The van der Waals surface area contributed by atoms with Gasteiger partial charge in [0.2, 0.25) is 0 Å². The van der Waals surface area contributed by atoms with Crippen LogP contribution in [-0.4, -0.2) is 42.7 Å². The number of hydrogen-bond acceptors (Lipinski definition) is 5. The Kier molecular flexibility index (Phi) is 3.98. The Morgan fingerprint density at radius 1 is 1.04 bits per heavy atom. The Hall–Kier alpha value is -2.70. The van der Waals surface area contributed by atoms with Crippen molar-refractivity contribution in [3.63, 3.8) is 0 Å². The molecule has 0 atom stereocenters. The van der Waals surface area contributed by atoms with Gasteiger partial charge in [0.25, 0.3) is 11.8 Å². The number of rotatable bonds is 1. The van der Waals surface area contributed by atoms with Gasteiger partial charge in [-0.25, -0.2) is 4.79 Å². The third-order valence-electron chi connectivity index (χ3n) is 3.64. The van der Waals surface area contributed by atoms with Gasteiger partial charge in [0.05, 0.1) is 7.11 Å². The maximum absolute atomic E-state index is 12.5. The molecule has 0 bridgehead atoms. The largest absolute Gasteiger partial charge is 0.497 e. The van der Waals surface area contributed by atoms with Crippen LogP contribution in [0.25, 0.3) is 0 Å². The summed E-state index contributed by atoms with van der Waals surface area (Å²) in [5.41, 5.74) is -0.343. The second-order valence-corrected chi connectivity index (χ2v) is 6.30. The normalized spacial score (nSPS) is 22.7. The van der Waals surface area contributed by atoms with Gasteiger partial charge in [-0.1, -0.05) is 20.8 Å². The van der Waals surface area contributed by atoms with Gasteiger partial charge in [-0.3, -0.25) is 24.6 Å². The van der Waals surface area contributed by atoms with Crippen molar-refractivity contribution in [1.29, 1.82) is 0 Å². The molecule has 1 aliphatic carbocycles. The molecule has 0 aromatic carbocycles. The third kappa shape index (κ3) is 2.81. The lowest BCUT2D eigenvalue weighted by molar-refractivity contribution is -0.130. The summed E-state index contributed by atoms with van der Waals surface area (Å²) in [7, 11) is 2.67. The van der Waals surface area contributed by atoms with E-state index in [9.17, 15) is 19.2 Å². The number of imide groups is 2. The predicted octanol–water partition coefficient (Wildman–Crippen LogP) is 1.08. The average Bonchev–Trinajstić information content (AvgIpc) is 2.45. The number of ether oxygens (including phenoxy) is 1. The van der Waals surface area contributed by atoms with Crippen LogP contribution in [0.2, 0.25) is 0 Å². The summed E-state index contributed by atoms with van der Waals surface area (Å²) in [6.45, 7) is 5.56. The van der Waals surface area contributed by atoms with Gasteiger partial charge >= 0.3 is 6.03 Å². The average molecular weight is 318 g/mol. The molecule has 2 aliphatic rings. The van der Waals surface area contributed by atoms with Gasteiger partial charge in [-0.05, 0) is 17.1 Å². The van der Waals surface area contributed by atoms with Gasteiger partial charge in [0.1, 0.15) is 11.3 Å². The van der Waals surface area contributed by atoms with Crippen molar-refractivity contribution in [2.75, 3.05) is 14.2 Å². The van der Waals surface area contributed by atoms with Crippen molar-refractivity contribution in [1.82, 2.24) is 10.2 Å². The highest BCUT2D eigenvalue weighted by Gasteiger charge is 2.40. The maximum Gasteiger partial charge on any atom is 0.331 e. The number of barbiturate groups is 1. The Balaban J connectivity index is 2.73. The standard InChI is InChI=1S/C16H18N2O5/c1-16(2,3)9-6-8(23-5)7-10(19)11(9)12-13(20)17-15(22)18(4)14(12)21/h6-7H,1-5H3,(H,17,20,22). The highest BCUT2D eigenvalue weighted by molar-refractivity contribution is 6.33. The van der Waals surface area contributed by atoms with Crippen LogP contribution in [0.1, 0.15) is 20.8 Å². The van der Waals surface area contributed by atoms with Crippen molar-refractivity contribution in [3.05, 3.63) is 34.6 Å². The maximum atomic E-state index is 12.5. The number of amides is 4. The first kappa shape index (κ1) is 16.7. The van der Waals surface area contributed by atoms with Crippen LogP contribution in [0.15, 0.2) is 34.6 Å². The van der Waals surface area contributed by atoms with Gasteiger partial charge in [0, 0.05) is 18.7 Å². The fourth-order valence-corrected chi connectivity index (χ4v) is 2.38. The minimum Gasteiger partial charge on any atom is -0.497 e.